The minimum absolute atomic E-state index is 0.186. The van der Waals surface area contributed by atoms with Crippen LogP contribution in [0.15, 0.2) is 33.4 Å². The van der Waals surface area contributed by atoms with Gasteiger partial charge in [-0.05, 0) is 13.8 Å². The second kappa shape index (κ2) is 6.67. The normalized spacial score (nSPS) is 10.7. The van der Waals surface area contributed by atoms with Gasteiger partial charge in [0.05, 0.1) is 10.4 Å². The predicted octanol–water partition coefficient (Wildman–Crippen LogP) is 3.29. The second-order valence-electron chi connectivity index (χ2n) is 7.20. The summed E-state index contributed by atoms with van der Waals surface area (Å²) < 4.78 is 12.2. The fraction of sp³-hybridized carbons (Fsp3) is 0.0833. The smallest absolute Gasteiger partial charge is 0.146 e. The van der Waals surface area contributed by atoms with Crippen molar-refractivity contribution in [1.29, 1.82) is 21.0 Å². The van der Waals surface area contributed by atoms with Gasteiger partial charge in [0.2, 0.25) is 0 Å². The molecule has 148 valence electrons. The van der Waals surface area contributed by atoms with Crippen molar-refractivity contribution in [2.75, 3.05) is 0 Å². The Balaban J connectivity index is 2.35. The summed E-state index contributed by atoms with van der Waals surface area (Å²) in [5.41, 5.74) is 2.34. The van der Waals surface area contributed by atoms with E-state index < -0.39 is 0 Å². The van der Waals surface area contributed by atoms with Crippen LogP contribution in [0.25, 0.3) is 55.0 Å². The highest BCUT2D eigenvalue weighted by atomic mass is 16.3. The third kappa shape index (κ3) is 2.39. The largest absolute Gasteiger partial charge is 0.455 e. The number of hydrogen-bond donors (Lipinski definition) is 0. The summed E-state index contributed by atoms with van der Waals surface area (Å²) in [6.45, 7) is 3.60. The Bertz CT molecular complexity index is 1770. The number of rotatable bonds is 0. The molecule has 0 saturated carbocycles. The van der Waals surface area contributed by atoms with E-state index in [1.165, 1.54) is 0 Å². The summed E-state index contributed by atoms with van der Waals surface area (Å²) in [4.78, 5) is 8.64. The van der Waals surface area contributed by atoms with Crippen LogP contribution in [0, 0.1) is 59.2 Å². The summed E-state index contributed by atoms with van der Waals surface area (Å²) in [5, 5.41) is 41.2. The highest BCUT2D eigenvalue weighted by Crippen LogP contribution is 2.31. The molecule has 0 radical (unpaired) electrons. The SMILES string of the molecule is Cc1cc2oc3c(=C(C#N)C#N)c4c(oc5cc(C)ncc54)c(=C(C#N)C#N)c3c2cn1. The van der Waals surface area contributed by atoms with E-state index in [1.54, 1.807) is 38.4 Å². The van der Waals surface area contributed by atoms with Crippen molar-refractivity contribution in [2.45, 2.75) is 13.8 Å². The average molecular weight is 414 g/mol. The van der Waals surface area contributed by atoms with Gasteiger partial charge < -0.3 is 8.83 Å². The number of aromatic nitrogens is 2. The van der Waals surface area contributed by atoms with Gasteiger partial charge in [-0.25, -0.2) is 0 Å². The number of benzene rings is 1. The zero-order chi connectivity index (χ0) is 22.6. The van der Waals surface area contributed by atoms with Gasteiger partial charge in [0.25, 0.3) is 0 Å². The Morgan fingerprint density at radius 1 is 0.688 bits per heavy atom. The van der Waals surface area contributed by atoms with E-state index in [1.807, 2.05) is 24.3 Å². The Kier molecular flexibility index (Phi) is 3.93. The monoisotopic (exact) mass is 414 g/mol. The van der Waals surface area contributed by atoms with Crippen molar-refractivity contribution in [2.24, 2.45) is 0 Å². The number of nitriles is 4. The molecule has 0 fully saturated rings. The Labute approximate surface area is 179 Å². The first kappa shape index (κ1) is 18.8. The molecule has 5 rings (SSSR count). The molecule has 8 heteroatoms. The van der Waals surface area contributed by atoms with Gasteiger partial charge >= 0.3 is 0 Å². The second-order valence-corrected chi connectivity index (χ2v) is 7.20. The first-order chi connectivity index (χ1) is 15.5. The molecule has 0 atom stereocenters. The van der Waals surface area contributed by atoms with Crippen molar-refractivity contribution >= 4 is 55.0 Å². The number of furan rings is 2. The Morgan fingerprint density at radius 3 is 1.41 bits per heavy atom. The molecule has 1 aromatic carbocycles. The molecule has 4 heterocycles. The highest BCUT2D eigenvalue weighted by Gasteiger charge is 2.23. The molecule has 8 nitrogen and oxygen atoms in total. The minimum Gasteiger partial charge on any atom is -0.455 e. The topological polar surface area (TPSA) is 147 Å². The highest BCUT2D eigenvalue weighted by molar-refractivity contribution is 6.17. The van der Waals surface area contributed by atoms with Gasteiger partial charge in [-0.1, -0.05) is 0 Å². The molecule has 4 aromatic heterocycles. The van der Waals surface area contributed by atoms with Gasteiger partial charge in [0.15, 0.2) is 0 Å². The molecule has 5 aromatic rings. The van der Waals surface area contributed by atoms with E-state index in [9.17, 15) is 21.0 Å². The van der Waals surface area contributed by atoms with Gasteiger partial charge in [0.1, 0.15) is 57.8 Å². The molecule has 0 N–H and O–H groups in total. The molecule has 0 spiro atoms. The van der Waals surface area contributed by atoms with Crippen LogP contribution in [0.4, 0.5) is 0 Å². The van der Waals surface area contributed by atoms with Crippen LogP contribution < -0.4 is 10.4 Å². The van der Waals surface area contributed by atoms with Gasteiger partial charge in [-0.3, -0.25) is 9.97 Å². The van der Waals surface area contributed by atoms with Crippen LogP contribution in [0.5, 0.6) is 0 Å². The maximum atomic E-state index is 9.72. The van der Waals surface area contributed by atoms with Crippen LogP contribution in [0.2, 0.25) is 0 Å². The molecule has 0 saturated heterocycles. The quantitative estimate of drug-likeness (QED) is 0.375. The summed E-state index contributed by atoms with van der Waals surface area (Å²) in [5.74, 6) is 0. The lowest BCUT2D eigenvalue weighted by atomic mass is 9.99. The molecule has 0 bridgehead atoms. The molecule has 0 aliphatic rings. The molecule has 0 aliphatic heterocycles. The van der Waals surface area contributed by atoms with Gasteiger partial charge in [-0.15, -0.1) is 0 Å². The van der Waals surface area contributed by atoms with Crippen molar-refractivity contribution < 1.29 is 8.83 Å². The molecule has 0 amide bonds. The maximum Gasteiger partial charge on any atom is 0.146 e. The number of fused-ring (bicyclic) bond motifs is 6. The standard InChI is InChI=1S/C24H10N6O2/c1-11-3-17-15(9-29-11)21-19(13(5-25)6-26)24-22(16-10-30-12(2)4-18(16)32-24)20(23(21)31-17)14(7-27)8-28/h3-4,9-10H,1-2H3. The van der Waals surface area contributed by atoms with Gasteiger partial charge in [-0.2, -0.15) is 21.0 Å². The lowest BCUT2D eigenvalue weighted by Gasteiger charge is -1.99. The minimum atomic E-state index is -0.186. The van der Waals surface area contributed by atoms with Crippen LogP contribution >= 0.6 is 0 Å². The van der Waals surface area contributed by atoms with E-state index in [0.29, 0.717) is 44.1 Å². The molecule has 0 unspecified atom stereocenters. The van der Waals surface area contributed by atoms with Crippen molar-refractivity contribution in [3.05, 3.63) is 46.4 Å². The van der Waals surface area contributed by atoms with Crippen LogP contribution in [-0.4, -0.2) is 9.97 Å². The number of pyridine rings is 2. The van der Waals surface area contributed by atoms with Crippen LogP contribution in [0.1, 0.15) is 11.4 Å². The maximum absolute atomic E-state index is 9.72. The number of aryl methyl sites for hydroxylation is 2. The molecule has 32 heavy (non-hydrogen) atoms. The van der Waals surface area contributed by atoms with E-state index >= 15 is 0 Å². The zero-order valence-electron chi connectivity index (χ0n) is 16.8. The molecular formula is C24H10N6O2. The molecular weight excluding hydrogens is 404 g/mol. The van der Waals surface area contributed by atoms with Crippen LogP contribution in [0.3, 0.4) is 0 Å². The van der Waals surface area contributed by atoms with E-state index in [4.69, 9.17) is 8.83 Å². The van der Waals surface area contributed by atoms with E-state index in [2.05, 4.69) is 9.97 Å². The first-order valence-corrected chi connectivity index (χ1v) is 9.41. The van der Waals surface area contributed by atoms with E-state index in [-0.39, 0.29) is 32.7 Å². The van der Waals surface area contributed by atoms with Crippen LogP contribution in [-0.2, 0) is 0 Å². The molecule has 0 aliphatic carbocycles. The summed E-state index contributed by atoms with van der Waals surface area (Å²) in [7, 11) is 0. The summed E-state index contributed by atoms with van der Waals surface area (Å²) in [6.07, 6.45) is 3.16. The zero-order valence-corrected chi connectivity index (χ0v) is 16.8. The summed E-state index contributed by atoms with van der Waals surface area (Å²) >= 11 is 0. The third-order valence-corrected chi connectivity index (χ3v) is 5.32. The number of hydrogen-bond acceptors (Lipinski definition) is 8. The van der Waals surface area contributed by atoms with E-state index in [0.717, 1.165) is 0 Å². The third-order valence-electron chi connectivity index (χ3n) is 5.32. The number of nitrogens with zero attached hydrogens (tertiary/aromatic N) is 6. The van der Waals surface area contributed by atoms with Crippen molar-refractivity contribution in [1.82, 2.24) is 9.97 Å². The fourth-order valence-electron chi connectivity index (χ4n) is 4.01. The lowest BCUT2D eigenvalue weighted by Crippen LogP contribution is -2.16. The average Bonchev–Trinajstić information content (AvgIpc) is 3.33. The van der Waals surface area contributed by atoms with Crippen molar-refractivity contribution in [3.8, 4) is 24.3 Å². The van der Waals surface area contributed by atoms with Crippen molar-refractivity contribution in [3.63, 3.8) is 0 Å². The Morgan fingerprint density at radius 2 is 1.06 bits per heavy atom. The summed E-state index contributed by atoms with van der Waals surface area (Å²) in [6, 6.07) is 11.2. The first-order valence-electron chi connectivity index (χ1n) is 9.41. The lowest BCUT2D eigenvalue weighted by molar-refractivity contribution is 0.659. The van der Waals surface area contributed by atoms with Gasteiger partial charge in [0, 0.05) is 57.5 Å². The predicted molar refractivity (Wildman–Crippen MR) is 115 cm³/mol. The fourth-order valence-corrected chi connectivity index (χ4v) is 4.01. The Hall–Kier alpha value is -5.18.